The molecule has 1 nitrogen and oxygen atoms in total. The van der Waals surface area contributed by atoms with Gasteiger partial charge in [0.1, 0.15) is 0 Å². The molecular weight excluding hydrogens is 158 g/mol. The van der Waals surface area contributed by atoms with Crippen LogP contribution in [0.4, 0.5) is 0 Å². The minimum Gasteiger partial charge on any atom is -0.303 e. The van der Waals surface area contributed by atoms with Crippen LogP contribution in [0.15, 0.2) is 0 Å². The molecule has 0 aromatic rings. The monoisotopic (exact) mass is 187 g/mol. The molecule has 1 saturated heterocycles. The van der Waals surface area contributed by atoms with Crippen LogP contribution in [-0.2, 0) is 0 Å². The van der Waals surface area contributed by atoms with Gasteiger partial charge in [-0.3, -0.25) is 0 Å². The maximum Gasteiger partial charge on any atom is 0.000691 e. The van der Waals surface area contributed by atoms with Gasteiger partial charge in [-0.2, -0.15) is 0 Å². The molecule has 0 radical (unpaired) electrons. The van der Waals surface area contributed by atoms with Crippen LogP contribution in [0.3, 0.4) is 0 Å². The van der Waals surface area contributed by atoms with Crippen LogP contribution in [0.25, 0.3) is 0 Å². The van der Waals surface area contributed by atoms with Gasteiger partial charge in [0, 0.05) is 6.54 Å². The maximum absolute atomic E-state index is 2.54. The van der Waals surface area contributed by atoms with Crippen molar-refractivity contribution >= 4 is 0 Å². The molecule has 1 unspecified atom stereocenters. The van der Waals surface area contributed by atoms with Gasteiger partial charge in [0.25, 0.3) is 0 Å². The molecule has 13 heavy (non-hydrogen) atoms. The molecule has 82 valence electrons. The second-order valence-corrected chi connectivity index (χ2v) is 3.14. The van der Waals surface area contributed by atoms with E-state index >= 15 is 0 Å². The summed E-state index contributed by atoms with van der Waals surface area (Å²) >= 11 is 0. The van der Waals surface area contributed by atoms with E-state index in [1.807, 2.05) is 27.7 Å². The molecule has 0 aliphatic carbocycles. The highest BCUT2D eigenvalue weighted by Crippen LogP contribution is 2.14. The molecule has 0 saturated carbocycles. The first kappa shape index (κ1) is 15.4. The van der Waals surface area contributed by atoms with Gasteiger partial charge < -0.3 is 4.90 Å². The van der Waals surface area contributed by atoms with Gasteiger partial charge in [-0.1, -0.05) is 41.5 Å². The Morgan fingerprint density at radius 1 is 1.15 bits per heavy atom. The molecule has 1 fully saturated rings. The number of piperidine rings is 1. The summed E-state index contributed by atoms with van der Waals surface area (Å²) in [6.07, 6.45) is 2.85. The van der Waals surface area contributed by atoms with Gasteiger partial charge in [-0.25, -0.2) is 0 Å². The Balaban J connectivity index is 0. The maximum atomic E-state index is 2.54. The second kappa shape index (κ2) is 12.0. The van der Waals surface area contributed by atoms with Gasteiger partial charge in [-0.05, 0) is 31.8 Å². The summed E-state index contributed by atoms with van der Waals surface area (Å²) < 4.78 is 0. The number of nitrogens with zero attached hydrogens (tertiary/aromatic N) is 1. The highest BCUT2D eigenvalue weighted by molar-refractivity contribution is 4.67. The lowest BCUT2D eigenvalue weighted by molar-refractivity contribution is 0.192. The number of hydrogen-bond acceptors (Lipinski definition) is 1. The van der Waals surface area contributed by atoms with Crippen molar-refractivity contribution in [3.8, 4) is 0 Å². The molecule has 1 rings (SSSR count). The molecule has 0 bridgehead atoms. The van der Waals surface area contributed by atoms with Crippen LogP contribution in [-0.4, -0.2) is 24.5 Å². The van der Waals surface area contributed by atoms with Crippen molar-refractivity contribution in [3.63, 3.8) is 0 Å². The first-order valence-corrected chi connectivity index (χ1v) is 6.05. The quantitative estimate of drug-likeness (QED) is 0.603. The summed E-state index contributed by atoms with van der Waals surface area (Å²) in [5.41, 5.74) is 0. The topological polar surface area (TPSA) is 3.24 Å². The molecule has 0 aromatic carbocycles. The van der Waals surface area contributed by atoms with E-state index in [0.29, 0.717) is 0 Å². The predicted octanol–water partition coefficient (Wildman–Crippen LogP) is 3.79. The minimum atomic E-state index is 0.943. The van der Waals surface area contributed by atoms with Gasteiger partial charge in [0.2, 0.25) is 0 Å². The normalized spacial score (nSPS) is 22.2. The van der Waals surface area contributed by atoms with E-state index in [1.165, 1.54) is 32.5 Å². The van der Waals surface area contributed by atoms with Crippen molar-refractivity contribution in [1.82, 2.24) is 4.90 Å². The van der Waals surface area contributed by atoms with Crippen LogP contribution in [0.2, 0.25) is 0 Å². The van der Waals surface area contributed by atoms with E-state index in [2.05, 4.69) is 18.7 Å². The lowest BCUT2D eigenvalue weighted by Gasteiger charge is -2.29. The van der Waals surface area contributed by atoms with E-state index in [0.717, 1.165) is 5.92 Å². The van der Waals surface area contributed by atoms with Crippen molar-refractivity contribution in [2.24, 2.45) is 5.92 Å². The molecule has 1 heterocycles. The lowest BCUT2D eigenvalue weighted by atomic mass is 10.0. The molecular formula is C12H29N. The van der Waals surface area contributed by atoms with Crippen molar-refractivity contribution in [3.05, 3.63) is 0 Å². The van der Waals surface area contributed by atoms with E-state index in [-0.39, 0.29) is 0 Å². The van der Waals surface area contributed by atoms with Crippen LogP contribution in [0, 0.1) is 5.92 Å². The Labute approximate surface area is 85.5 Å². The van der Waals surface area contributed by atoms with E-state index in [9.17, 15) is 0 Å². The van der Waals surface area contributed by atoms with Gasteiger partial charge in [0.05, 0.1) is 0 Å². The zero-order chi connectivity index (χ0) is 10.7. The first-order valence-electron chi connectivity index (χ1n) is 6.05. The zero-order valence-corrected chi connectivity index (χ0v) is 10.6. The molecule has 1 aliphatic rings. The van der Waals surface area contributed by atoms with Crippen LogP contribution in [0.1, 0.15) is 54.4 Å². The summed E-state index contributed by atoms with van der Waals surface area (Å²) in [6.45, 7) is 16.5. The third-order valence-electron chi connectivity index (χ3n) is 2.19. The Bertz CT molecular complexity index is 81.2. The minimum absolute atomic E-state index is 0.943. The summed E-state index contributed by atoms with van der Waals surface area (Å²) in [4.78, 5) is 2.54. The molecule has 0 N–H and O–H groups in total. The predicted molar refractivity (Wildman–Crippen MR) is 63.2 cm³/mol. The first-order chi connectivity index (χ1) is 6.33. The highest BCUT2D eigenvalue weighted by Gasteiger charge is 2.13. The van der Waals surface area contributed by atoms with Gasteiger partial charge in [0.15, 0.2) is 0 Å². The Morgan fingerprint density at radius 3 is 2.00 bits per heavy atom. The van der Waals surface area contributed by atoms with Crippen LogP contribution in [0.5, 0.6) is 0 Å². The number of likely N-dealkylation sites (tertiary alicyclic amines) is 1. The van der Waals surface area contributed by atoms with E-state index in [4.69, 9.17) is 0 Å². The second-order valence-electron chi connectivity index (χ2n) is 3.14. The molecule has 0 amide bonds. The average Bonchev–Trinajstić information content (AvgIpc) is 2.24. The Kier molecular flexibility index (Phi) is 14.2. The van der Waals surface area contributed by atoms with Gasteiger partial charge >= 0.3 is 0 Å². The molecule has 1 heteroatoms. The summed E-state index contributed by atoms with van der Waals surface area (Å²) in [5.74, 6) is 0.943. The standard InChI is InChI=1S/C8H17N.2C2H6/c1-3-9-6-4-5-8(2)7-9;2*1-2/h8H,3-7H2,1-2H3;2*1-2H3. The molecule has 1 aliphatic heterocycles. The number of rotatable bonds is 1. The fraction of sp³-hybridized carbons (Fsp3) is 1.00. The van der Waals surface area contributed by atoms with Crippen molar-refractivity contribution < 1.29 is 0 Å². The summed E-state index contributed by atoms with van der Waals surface area (Å²) in [5, 5.41) is 0. The van der Waals surface area contributed by atoms with Crippen LogP contribution >= 0.6 is 0 Å². The molecule has 0 spiro atoms. The van der Waals surface area contributed by atoms with Crippen molar-refractivity contribution in [2.75, 3.05) is 19.6 Å². The zero-order valence-electron chi connectivity index (χ0n) is 10.6. The van der Waals surface area contributed by atoms with Crippen molar-refractivity contribution in [1.29, 1.82) is 0 Å². The van der Waals surface area contributed by atoms with E-state index in [1.54, 1.807) is 0 Å². The Hall–Kier alpha value is -0.0400. The summed E-state index contributed by atoms with van der Waals surface area (Å²) in [7, 11) is 0. The van der Waals surface area contributed by atoms with E-state index < -0.39 is 0 Å². The third-order valence-corrected chi connectivity index (χ3v) is 2.19. The lowest BCUT2D eigenvalue weighted by Crippen LogP contribution is -2.33. The van der Waals surface area contributed by atoms with Gasteiger partial charge in [-0.15, -0.1) is 0 Å². The third kappa shape index (κ3) is 8.29. The van der Waals surface area contributed by atoms with Crippen LogP contribution < -0.4 is 0 Å². The fourth-order valence-corrected chi connectivity index (χ4v) is 1.57. The Morgan fingerprint density at radius 2 is 1.69 bits per heavy atom. The van der Waals surface area contributed by atoms with Crippen molar-refractivity contribution in [2.45, 2.75) is 54.4 Å². The smallest absolute Gasteiger partial charge is 0.000691 e. The fourth-order valence-electron chi connectivity index (χ4n) is 1.57. The number of hydrogen-bond donors (Lipinski definition) is 0. The largest absolute Gasteiger partial charge is 0.303 e. The average molecular weight is 187 g/mol. The SMILES string of the molecule is CC.CC.CCN1CCCC(C)C1. The highest BCUT2D eigenvalue weighted by atomic mass is 15.1. The molecule has 1 atom stereocenters. The summed E-state index contributed by atoms with van der Waals surface area (Å²) in [6, 6.07) is 0. The molecule has 0 aromatic heterocycles.